The van der Waals surface area contributed by atoms with Gasteiger partial charge in [-0.1, -0.05) is 13.8 Å². The fourth-order valence-corrected chi connectivity index (χ4v) is 2.58. The highest BCUT2D eigenvalue weighted by Crippen LogP contribution is 2.14. The number of guanidine groups is 1. The van der Waals surface area contributed by atoms with E-state index in [0.717, 1.165) is 51.5 Å². The Hall–Kier alpha value is -1.34. The van der Waals surface area contributed by atoms with Crippen molar-refractivity contribution in [2.24, 2.45) is 10.9 Å². The van der Waals surface area contributed by atoms with Crippen LogP contribution in [0.15, 0.2) is 4.99 Å². The number of ether oxygens (including phenoxy) is 2. The van der Waals surface area contributed by atoms with Gasteiger partial charge in [-0.05, 0) is 19.3 Å². The van der Waals surface area contributed by atoms with E-state index in [9.17, 15) is 4.79 Å². The van der Waals surface area contributed by atoms with Gasteiger partial charge in [0.2, 0.25) is 5.91 Å². The maximum atomic E-state index is 11.5. The van der Waals surface area contributed by atoms with Gasteiger partial charge in [0.05, 0.1) is 6.10 Å². The highest BCUT2D eigenvalue weighted by atomic mass is 16.5. The lowest BCUT2D eigenvalue weighted by atomic mass is 10.1. The summed E-state index contributed by atoms with van der Waals surface area (Å²) in [5, 5.41) is 6.21. The predicted octanol–water partition coefficient (Wildman–Crippen LogP) is 0.852. The molecule has 0 bridgehead atoms. The molecule has 24 heavy (non-hydrogen) atoms. The molecule has 0 aromatic heterocycles. The largest absolute Gasteiger partial charge is 0.385 e. The first-order valence-electron chi connectivity index (χ1n) is 8.92. The van der Waals surface area contributed by atoms with Crippen molar-refractivity contribution >= 4 is 11.9 Å². The lowest BCUT2D eigenvalue weighted by Crippen LogP contribution is -2.48. The zero-order valence-corrected chi connectivity index (χ0v) is 15.6. The number of hydrogen-bond donors (Lipinski definition) is 2. The van der Waals surface area contributed by atoms with E-state index in [1.165, 1.54) is 0 Å². The quantitative estimate of drug-likeness (QED) is 0.369. The maximum Gasteiger partial charge on any atom is 0.222 e. The number of amides is 1. The average Bonchev–Trinajstić information content (AvgIpc) is 2.59. The van der Waals surface area contributed by atoms with Crippen LogP contribution < -0.4 is 10.6 Å². The molecule has 1 saturated heterocycles. The highest BCUT2D eigenvalue weighted by Gasteiger charge is 2.21. The number of rotatable bonds is 9. The van der Waals surface area contributed by atoms with Crippen LogP contribution in [-0.4, -0.2) is 76.4 Å². The predicted molar refractivity (Wildman–Crippen MR) is 96.2 cm³/mol. The molecule has 0 spiro atoms. The topological polar surface area (TPSA) is 75.2 Å². The molecule has 140 valence electrons. The molecular weight excluding hydrogens is 308 g/mol. The lowest BCUT2D eigenvalue weighted by Gasteiger charge is -2.34. The Balaban J connectivity index is 2.20. The molecule has 1 heterocycles. The van der Waals surface area contributed by atoms with Crippen LogP contribution in [0.5, 0.6) is 0 Å². The van der Waals surface area contributed by atoms with Crippen molar-refractivity contribution < 1.29 is 14.3 Å². The van der Waals surface area contributed by atoms with Crippen molar-refractivity contribution in [3.63, 3.8) is 0 Å². The zero-order chi connectivity index (χ0) is 17.8. The monoisotopic (exact) mass is 342 g/mol. The number of carbonyl (C=O) groups excluding carboxylic acids is 1. The molecule has 1 rings (SSSR count). The van der Waals surface area contributed by atoms with Gasteiger partial charge in [0.25, 0.3) is 0 Å². The fourth-order valence-electron chi connectivity index (χ4n) is 2.58. The summed E-state index contributed by atoms with van der Waals surface area (Å²) in [6.07, 6.45) is 3.30. The van der Waals surface area contributed by atoms with E-state index in [-0.39, 0.29) is 11.8 Å². The number of nitrogens with one attached hydrogen (secondary N) is 2. The smallest absolute Gasteiger partial charge is 0.222 e. The van der Waals surface area contributed by atoms with Gasteiger partial charge in [0.1, 0.15) is 0 Å². The number of nitrogens with zero attached hydrogens (tertiary/aromatic N) is 2. The van der Waals surface area contributed by atoms with Gasteiger partial charge in [-0.25, -0.2) is 0 Å². The molecule has 7 nitrogen and oxygen atoms in total. The molecule has 1 fully saturated rings. The molecule has 7 heteroatoms. The minimum absolute atomic E-state index is 0.0206. The van der Waals surface area contributed by atoms with Crippen molar-refractivity contribution in [3.8, 4) is 0 Å². The first-order valence-corrected chi connectivity index (χ1v) is 8.92. The standard InChI is InChI=1S/C17H34N4O3/c1-14(2)16(22)19-8-9-20-17(18-3)21-10-6-15(7-11-21)24-13-5-12-23-4/h14-15H,5-13H2,1-4H3,(H,18,20)(H,19,22). The Morgan fingerprint density at radius 2 is 1.88 bits per heavy atom. The number of hydrogen-bond acceptors (Lipinski definition) is 4. The molecule has 1 amide bonds. The summed E-state index contributed by atoms with van der Waals surface area (Å²) in [5.74, 6) is 0.997. The van der Waals surface area contributed by atoms with Crippen LogP contribution in [-0.2, 0) is 14.3 Å². The third-order valence-corrected chi connectivity index (χ3v) is 4.03. The van der Waals surface area contributed by atoms with E-state index in [1.54, 1.807) is 14.2 Å². The number of aliphatic imine (C=N–C) groups is 1. The summed E-state index contributed by atoms with van der Waals surface area (Å²) in [5.41, 5.74) is 0. The van der Waals surface area contributed by atoms with Crippen molar-refractivity contribution in [1.29, 1.82) is 0 Å². The molecule has 0 aromatic carbocycles. The molecule has 0 aliphatic carbocycles. The first kappa shape index (κ1) is 20.7. The van der Waals surface area contributed by atoms with Gasteiger partial charge in [-0.2, -0.15) is 0 Å². The van der Waals surface area contributed by atoms with Crippen molar-refractivity contribution in [1.82, 2.24) is 15.5 Å². The van der Waals surface area contributed by atoms with Gasteiger partial charge in [0.15, 0.2) is 5.96 Å². The van der Waals surface area contributed by atoms with E-state index in [4.69, 9.17) is 9.47 Å². The number of carbonyl (C=O) groups is 1. The van der Waals surface area contributed by atoms with Crippen molar-refractivity contribution in [2.75, 3.05) is 53.6 Å². The van der Waals surface area contributed by atoms with E-state index < -0.39 is 0 Å². The summed E-state index contributed by atoms with van der Waals surface area (Å²) in [4.78, 5) is 18.1. The molecule has 0 aromatic rings. The van der Waals surface area contributed by atoms with E-state index in [2.05, 4.69) is 20.5 Å². The summed E-state index contributed by atoms with van der Waals surface area (Å²) in [6, 6.07) is 0. The summed E-state index contributed by atoms with van der Waals surface area (Å²) < 4.78 is 10.9. The third-order valence-electron chi connectivity index (χ3n) is 4.03. The fraction of sp³-hybridized carbons (Fsp3) is 0.882. The molecule has 1 aliphatic rings. The van der Waals surface area contributed by atoms with Crippen LogP contribution in [0.1, 0.15) is 33.1 Å². The summed E-state index contributed by atoms with van der Waals surface area (Å²) >= 11 is 0. The Morgan fingerprint density at radius 1 is 1.21 bits per heavy atom. The summed E-state index contributed by atoms with van der Waals surface area (Å²) in [7, 11) is 3.51. The van der Waals surface area contributed by atoms with Gasteiger partial charge in [-0.3, -0.25) is 9.79 Å². The van der Waals surface area contributed by atoms with Crippen LogP contribution in [0.4, 0.5) is 0 Å². The maximum absolute atomic E-state index is 11.5. The minimum atomic E-state index is 0.0206. The van der Waals surface area contributed by atoms with E-state index >= 15 is 0 Å². The second-order valence-electron chi connectivity index (χ2n) is 6.32. The molecule has 0 atom stereocenters. The molecule has 0 radical (unpaired) electrons. The average molecular weight is 342 g/mol. The Kier molecular flexibility index (Phi) is 10.4. The Morgan fingerprint density at radius 3 is 2.46 bits per heavy atom. The van der Waals surface area contributed by atoms with Gasteiger partial charge < -0.3 is 25.0 Å². The van der Waals surface area contributed by atoms with Crippen molar-refractivity contribution in [2.45, 2.75) is 39.2 Å². The zero-order valence-electron chi connectivity index (χ0n) is 15.6. The second kappa shape index (κ2) is 12.1. The first-order chi connectivity index (χ1) is 11.6. The molecular formula is C17H34N4O3. The highest BCUT2D eigenvalue weighted by molar-refractivity contribution is 5.80. The number of piperidine rings is 1. The van der Waals surface area contributed by atoms with Crippen LogP contribution >= 0.6 is 0 Å². The molecule has 0 saturated carbocycles. The van der Waals surface area contributed by atoms with E-state index in [1.807, 2.05) is 13.8 Å². The SMILES string of the molecule is CN=C(NCCNC(=O)C(C)C)N1CCC(OCCCOC)CC1. The molecule has 2 N–H and O–H groups in total. The summed E-state index contributed by atoms with van der Waals surface area (Å²) in [6.45, 7) is 8.46. The van der Waals surface area contributed by atoms with Gasteiger partial charge in [-0.15, -0.1) is 0 Å². The van der Waals surface area contributed by atoms with Crippen molar-refractivity contribution in [3.05, 3.63) is 0 Å². The Labute approximate surface area is 146 Å². The molecule has 0 unspecified atom stereocenters. The minimum Gasteiger partial charge on any atom is -0.385 e. The third kappa shape index (κ3) is 7.97. The van der Waals surface area contributed by atoms with Crippen LogP contribution in [0, 0.1) is 5.92 Å². The Bertz CT molecular complexity index is 380. The molecule has 1 aliphatic heterocycles. The van der Waals surface area contributed by atoms with Gasteiger partial charge in [0, 0.05) is 59.5 Å². The second-order valence-corrected chi connectivity index (χ2v) is 6.32. The van der Waals surface area contributed by atoms with Crippen LogP contribution in [0.2, 0.25) is 0 Å². The number of methoxy groups -OCH3 is 1. The lowest BCUT2D eigenvalue weighted by molar-refractivity contribution is -0.123. The van der Waals surface area contributed by atoms with Crippen LogP contribution in [0.3, 0.4) is 0 Å². The number of likely N-dealkylation sites (tertiary alicyclic amines) is 1. The normalized spacial score (nSPS) is 16.5. The van der Waals surface area contributed by atoms with Gasteiger partial charge >= 0.3 is 0 Å². The van der Waals surface area contributed by atoms with E-state index in [0.29, 0.717) is 19.2 Å². The van der Waals surface area contributed by atoms with Crippen LogP contribution in [0.25, 0.3) is 0 Å².